The largest absolute Gasteiger partial charge is 0.480 e. The first kappa shape index (κ1) is 21.4. The van der Waals surface area contributed by atoms with E-state index in [1.807, 2.05) is 19.1 Å². The quantitative estimate of drug-likeness (QED) is 0.792. The summed E-state index contributed by atoms with van der Waals surface area (Å²) in [6, 6.07) is 3.71. The van der Waals surface area contributed by atoms with E-state index in [4.69, 9.17) is 5.11 Å². The Morgan fingerprint density at radius 1 is 1.11 bits per heavy atom. The van der Waals surface area contributed by atoms with E-state index in [-0.39, 0.29) is 19.0 Å². The minimum absolute atomic E-state index is 0.237. The lowest BCUT2D eigenvalue weighted by atomic mass is 9.95. The number of piperidine rings is 1. The smallest absolute Gasteiger partial charge is 0.328 e. The van der Waals surface area contributed by atoms with Gasteiger partial charge in [0.2, 0.25) is 15.9 Å². The maximum atomic E-state index is 13.1. The van der Waals surface area contributed by atoms with E-state index in [9.17, 15) is 18.0 Å². The van der Waals surface area contributed by atoms with Gasteiger partial charge in [-0.25, -0.2) is 13.2 Å². The third-order valence-electron chi connectivity index (χ3n) is 5.00. The van der Waals surface area contributed by atoms with Crippen LogP contribution in [-0.4, -0.2) is 48.3 Å². The SMILES string of the molecule is Cc1cc(C)c(S(=O)(=O)N2CCC(C(=O)NC(C)(C)C(=O)O)CC2)c(C)c1. The maximum Gasteiger partial charge on any atom is 0.328 e. The van der Waals surface area contributed by atoms with Gasteiger partial charge in [0.15, 0.2) is 0 Å². The number of carboxylic acid groups (broad SMARTS) is 1. The van der Waals surface area contributed by atoms with Crippen molar-refractivity contribution in [3.8, 4) is 0 Å². The lowest BCUT2D eigenvalue weighted by Crippen LogP contribution is -2.53. The Hall–Kier alpha value is -1.93. The van der Waals surface area contributed by atoms with Crippen molar-refractivity contribution < 1.29 is 23.1 Å². The average Bonchev–Trinajstić information content (AvgIpc) is 2.53. The van der Waals surface area contributed by atoms with Gasteiger partial charge in [0.25, 0.3) is 0 Å². The summed E-state index contributed by atoms with van der Waals surface area (Å²) in [5.41, 5.74) is 1.10. The zero-order valence-corrected chi connectivity index (χ0v) is 17.3. The number of nitrogens with zero attached hydrogens (tertiary/aromatic N) is 1. The van der Waals surface area contributed by atoms with Crippen molar-refractivity contribution in [1.82, 2.24) is 9.62 Å². The molecule has 1 fully saturated rings. The van der Waals surface area contributed by atoms with E-state index in [0.29, 0.717) is 17.7 Å². The summed E-state index contributed by atoms with van der Waals surface area (Å²) in [6.45, 7) is 8.84. The molecule has 1 heterocycles. The second-order valence-electron chi connectivity index (χ2n) is 7.83. The highest BCUT2D eigenvalue weighted by molar-refractivity contribution is 7.89. The minimum Gasteiger partial charge on any atom is -0.480 e. The van der Waals surface area contributed by atoms with E-state index in [0.717, 1.165) is 16.7 Å². The van der Waals surface area contributed by atoms with Crippen LogP contribution < -0.4 is 5.32 Å². The Morgan fingerprint density at radius 3 is 2.04 bits per heavy atom. The average molecular weight is 397 g/mol. The third kappa shape index (κ3) is 4.50. The summed E-state index contributed by atoms with van der Waals surface area (Å²) in [6.07, 6.45) is 0.732. The predicted octanol–water partition coefficient (Wildman–Crippen LogP) is 1.99. The van der Waals surface area contributed by atoms with Crippen LogP contribution >= 0.6 is 0 Å². The highest BCUT2D eigenvalue weighted by Gasteiger charge is 2.36. The van der Waals surface area contributed by atoms with E-state index < -0.39 is 27.4 Å². The summed E-state index contributed by atoms with van der Waals surface area (Å²) < 4.78 is 27.6. The summed E-state index contributed by atoms with van der Waals surface area (Å²) in [4.78, 5) is 23.8. The van der Waals surface area contributed by atoms with Gasteiger partial charge in [0.05, 0.1) is 4.90 Å². The Kier molecular flexibility index (Phi) is 6.01. The molecule has 1 aliphatic rings. The molecule has 1 aromatic carbocycles. The van der Waals surface area contributed by atoms with Gasteiger partial charge in [-0.3, -0.25) is 4.79 Å². The first-order valence-corrected chi connectivity index (χ1v) is 10.4. The van der Waals surface area contributed by atoms with Crippen molar-refractivity contribution >= 4 is 21.9 Å². The van der Waals surface area contributed by atoms with Crippen LogP contribution in [0.5, 0.6) is 0 Å². The Balaban J connectivity index is 2.11. The first-order chi connectivity index (χ1) is 12.4. The summed E-state index contributed by atoms with van der Waals surface area (Å²) in [5.74, 6) is -1.85. The van der Waals surface area contributed by atoms with Crippen molar-refractivity contribution in [2.45, 2.75) is 57.9 Å². The van der Waals surface area contributed by atoms with E-state index in [2.05, 4.69) is 5.32 Å². The Bertz CT molecular complexity index is 830. The normalized spacial score (nSPS) is 16.9. The summed E-state index contributed by atoms with van der Waals surface area (Å²) in [5, 5.41) is 11.7. The molecule has 27 heavy (non-hydrogen) atoms. The lowest BCUT2D eigenvalue weighted by molar-refractivity contribution is -0.146. The zero-order chi connectivity index (χ0) is 20.6. The van der Waals surface area contributed by atoms with Gasteiger partial charge in [-0.2, -0.15) is 4.31 Å². The van der Waals surface area contributed by atoms with E-state index in [1.165, 1.54) is 18.2 Å². The molecule has 2 N–H and O–H groups in total. The van der Waals surface area contributed by atoms with E-state index in [1.54, 1.807) is 13.8 Å². The monoisotopic (exact) mass is 396 g/mol. The number of sulfonamides is 1. The van der Waals surface area contributed by atoms with Crippen LogP contribution in [0.3, 0.4) is 0 Å². The number of rotatable bonds is 5. The number of nitrogens with one attached hydrogen (secondary N) is 1. The van der Waals surface area contributed by atoms with Crippen LogP contribution in [0.25, 0.3) is 0 Å². The number of aliphatic carboxylic acids is 1. The summed E-state index contributed by atoms with van der Waals surface area (Å²) in [7, 11) is -3.63. The maximum absolute atomic E-state index is 13.1. The molecule has 0 spiro atoms. The van der Waals surface area contributed by atoms with Gasteiger partial charge in [-0.15, -0.1) is 0 Å². The molecular weight excluding hydrogens is 368 g/mol. The van der Waals surface area contributed by atoms with Gasteiger partial charge < -0.3 is 10.4 Å². The topological polar surface area (TPSA) is 104 Å². The molecule has 0 bridgehead atoms. The number of amides is 1. The van der Waals surface area contributed by atoms with Crippen LogP contribution in [0.4, 0.5) is 0 Å². The fraction of sp³-hybridized carbons (Fsp3) is 0.579. The standard InChI is InChI=1S/C19H28N2O5S/c1-12-10-13(2)16(14(3)11-12)27(25,26)21-8-6-15(7-9-21)17(22)20-19(4,5)18(23)24/h10-11,15H,6-9H2,1-5H3,(H,20,22)(H,23,24). The molecule has 0 aliphatic carbocycles. The fourth-order valence-electron chi connectivity index (χ4n) is 3.52. The molecule has 1 saturated heterocycles. The lowest BCUT2D eigenvalue weighted by Gasteiger charge is -2.33. The van der Waals surface area contributed by atoms with Crippen LogP contribution in [0.1, 0.15) is 43.4 Å². The number of benzene rings is 1. The van der Waals surface area contributed by atoms with Gasteiger partial charge in [0, 0.05) is 19.0 Å². The molecule has 1 aromatic rings. The number of carboxylic acids is 1. The fourth-order valence-corrected chi connectivity index (χ4v) is 5.41. The van der Waals surface area contributed by atoms with Gasteiger partial charge in [-0.05, 0) is 58.6 Å². The third-order valence-corrected chi connectivity index (χ3v) is 7.20. The molecule has 7 nitrogen and oxygen atoms in total. The number of carbonyl (C=O) groups excluding carboxylic acids is 1. The van der Waals surface area contributed by atoms with Crippen molar-refractivity contribution in [3.63, 3.8) is 0 Å². The van der Waals surface area contributed by atoms with Crippen molar-refractivity contribution in [3.05, 3.63) is 28.8 Å². The van der Waals surface area contributed by atoms with Gasteiger partial charge in [0.1, 0.15) is 5.54 Å². The number of hydrogen-bond donors (Lipinski definition) is 2. The second-order valence-corrected chi connectivity index (χ2v) is 9.70. The summed E-state index contributed by atoms with van der Waals surface area (Å²) >= 11 is 0. The zero-order valence-electron chi connectivity index (χ0n) is 16.5. The molecule has 1 aliphatic heterocycles. The van der Waals surface area contributed by atoms with Crippen molar-refractivity contribution in [2.75, 3.05) is 13.1 Å². The Labute approximate surface area is 160 Å². The number of aryl methyl sites for hydroxylation is 3. The molecule has 1 amide bonds. The highest BCUT2D eigenvalue weighted by atomic mass is 32.2. The number of carbonyl (C=O) groups is 2. The van der Waals surface area contributed by atoms with E-state index >= 15 is 0 Å². The van der Waals surface area contributed by atoms with Gasteiger partial charge >= 0.3 is 5.97 Å². The van der Waals surface area contributed by atoms with Crippen molar-refractivity contribution in [2.24, 2.45) is 5.92 Å². The molecular formula is C19H28N2O5S. The molecule has 0 radical (unpaired) electrons. The van der Waals surface area contributed by atoms with Crippen LogP contribution in [0.15, 0.2) is 17.0 Å². The van der Waals surface area contributed by atoms with Gasteiger partial charge in [-0.1, -0.05) is 17.7 Å². The van der Waals surface area contributed by atoms with Crippen LogP contribution in [0.2, 0.25) is 0 Å². The molecule has 8 heteroatoms. The predicted molar refractivity (Wildman–Crippen MR) is 102 cm³/mol. The molecule has 0 saturated carbocycles. The van der Waals surface area contributed by atoms with Crippen LogP contribution in [0, 0.1) is 26.7 Å². The molecule has 2 rings (SSSR count). The Morgan fingerprint density at radius 2 is 1.59 bits per heavy atom. The molecule has 150 valence electrons. The molecule has 0 unspecified atom stereocenters. The molecule has 0 atom stereocenters. The second kappa shape index (κ2) is 7.59. The first-order valence-electron chi connectivity index (χ1n) is 8.99. The highest BCUT2D eigenvalue weighted by Crippen LogP contribution is 2.29. The minimum atomic E-state index is -3.63. The molecule has 0 aromatic heterocycles. The van der Waals surface area contributed by atoms with Crippen LogP contribution in [-0.2, 0) is 19.6 Å². The van der Waals surface area contributed by atoms with Crippen molar-refractivity contribution in [1.29, 1.82) is 0 Å². The number of hydrogen-bond acceptors (Lipinski definition) is 4.